The van der Waals surface area contributed by atoms with E-state index in [1.54, 1.807) is 16.7 Å². The summed E-state index contributed by atoms with van der Waals surface area (Å²) in [6.45, 7) is 0.501. The molecule has 1 saturated heterocycles. The zero-order valence-corrected chi connectivity index (χ0v) is 12.3. The van der Waals surface area contributed by atoms with Gasteiger partial charge in [0.05, 0.1) is 17.0 Å². The van der Waals surface area contributed by atoms with Crippen LogP contribution in [0.1, 0.15) is 12.0 Å². The van der Waals surface area contributed by atoms with Gasteiger partial charge in [-0.25, -0.2) is 4.98 Å². The Morgan fingerprint density at radius 3 is 2.86 bits per heavy atom. The first-order valence-electron chi connectivity index (χ1n) is 6.08. The van der Waals surface area contributed by atoms with Gasteiger partial charge in [0.2, 0.25) is 0 Å². The SMILES string of the molecule is O=C(O)CC1CSCCN1c1ncc(C(F)(F)F)cc1Cl. The fraction of sp³-hybridized carbons (Fsp3) is 0.500. The molecule has 2 heterocycles. The predicted octanol–water partition coefficient (Wildman–Crippen LogP) is 3.15. The summed E-state index contributed by atoms with van der Waals surface area (Å²) < 4.78 is 37.8. The van der Waals surface area contributed by atoms with Crippen LogP contribution in [0.2, 0.25) is 5.02 Å². The van der Waals surface area contributed by atoms with E-state index in [9.17, 15) is 18.0 Å². The zero-order valence-electron chi connectivity index (χ0n) is 10.7. The average Bonchev–Trinajstić information content (AvgIpc) is 2.38. The molecule has 1 aliphatic rings. The molecule has 0 aliphatic carbocycles. The van der Waals surface area contributed by atoms with Crippen LogP contribution in [0.5, 0.6) is 0 Å². The van der Waals surface area contributed by atoms with Crippen LogP contribution >= 0.6 is 23.4 Å². The van der Waals surface area contributed by atoms with Gasteiger partial charge in [0.15, 0.2) is 0 Å². The number of halogens is 4. The van der Waals surface area contributed by atoms with Crippen molar-refractivity contribution in [3.05, 3.63) is 22.8 Å². The molecule has 0 bridgehead atoms. The van der Waals surface area contributed by atoms with Crippen molar-refractivity contribution in [2.75, 3.05) is 23.0 Å². The minimum absolute atomic E-state index is 0.105. The first-order chi connectivity index (χ1) is 9.79. The molecule has 4 nitrogen and oxygen atoms in total. The summed E-state index contributed by atoms with van der Waals surface area (Å²) in [5.74, 6) is 0.562. The minimum Gasteiger partial charge on any atom is -0.481 e. The van der Waals surface area contributed by atoms with E-state index in [0.717, 1.165) is 18.0 Å². The number of thioether (sulfide) groups is 1. The van der Waals surface area contributed by atoms with Gasteiger partial charge in [-0.15, -0.1) is 0 Å². The summed E-state index contributed by atoms with van der Waals surface area (Å²) in [4.78, 5) is 16.3. The topological polar surface area (TPSA) is 53.4 Å². The lowest BCUT2D eigenvalue weighted by Crippen LogP contribution is -2.44. The van der Waals surface area contributed by atoms with E-state index >= 15 is 0 Å². The molecule has 1 aromatic heterocycles. The fourth-order valence-corrected chi connectivity index (χ4v) is 3.44. The summed E-state index contributed by atoms with van der Waals surface area (Å²) in [5, 5.41) is 8.79. The molecule has 1 aromatic rings. The first kappa shape index (κ1) is 16.2. The van der Waals surface area contributed by atoms with Gasteiger partial charge in [0, 0.05) is 30.3 Å². The van der Waals surface area contributed by atoms with Gasteiger partial charge in [0.25, 0.3) is 0 Å². The van der Waals surface area contributed by atoms with Crippen molar-refractivity contribution in [2.24, 2.45) is 0 Å². The molecule has 2 rings (SSSR count). The maximum absolute atomic E-state index is 12.6. The quantitative estimate of drug-likeness (QED) is 0.916. The Morgan fingerprint density at radius 2 is 2.29 bits per heavy atom. The van der Waals surface area contributed by atoms with Crippen LogP contribution in [0, 0.1) is 0 Å². The Balaban J connectivity index is 2.28. The van der Waals surface area contributed by atoms with Crippen molar-refractivity contribution in [2.45, 2.75) is 18.6 Å². The maximum Gasteiger partial charge on any atom is 0.417 e. The molecule has 1 unspecified atom stereocenters. The highest BCUT2D eigenvalue weighted by Crippen LogP contribution is 2.35. The number of carboxylic acid groups (broad SMARTS) is 1. The van der Waals surface area contributed by atoms with Gasteiger partial charge in [-0.3, -0.25) is 4.79 Å². The number of aliphatic carboxylic acids is 1. The third-order valence-electron chi connectivity index (χ3n) is 3.06. The Kier molecular flexibility index (Phi) is 4.88. The molecule has 1 aliphatic heterocycles. The van der Waals surface area contributed by atoms with Crippen molar-refractivity contribution in [1.82, 2.24) is 4.98 Å². The second-order valence-corrected chi connectivity index (χ2v) is 6.10. The summed E-state index contributed by atoms with van der Waals surface area (Å²) in [6.07, 6.45) is -3.89. The lowest BCUT2D eigenvalue weighted by molar-refractivity contribution is -0.138. The first-order valence-corrected chi connectivity index (χ1v) is 7.61. The molecule has 0 aromatic carbocycles. The summed E-state index contributed by atoms with van der Waals surface area (Å²) >= 11 is 7.51. The number of aromatic nitrogens is 1. The molecular weight excluding hydrogens is 329 g/mol. The Morgan fingerprint density at radius 1 is 1.57 bits per heavy atom. The monoisotopic (exact) mass is 340 g/mol. The number of hydrogen-bond donors (Lipinski definition) is 1. The smallest absolute Gasteiger partial charge is 0.417 e. The molecule has 0 amide bonds. The highest BCUT2D eigenvalue weighted by Gasteiger charge is 2.33. The van der Waals surface area contributed by atoms with E-state index in [0.29, 0.717) is 12.3 Å². The van der Waals surface area contributed by atoms with Crippen molar-refractivity contribution in [1.29, 1.82) is 0 Å². The number of carboxylic acids is 1. The standard InChI is InChI=1S/C12H12ClF3N2O2S/c13-9-3-7(12(14,15)16)5-17-11(9)18-1-2-21-6-8(18)4-10(19)20/h3,5,8H,1-2,4,6H2,(H,19,20). The van der Waals surface area contributed by atoms with E-state index in [4.69, 9.17) is 16.7 Å². The third-order valence-corrected chi connectivity index (χ3v) is 4.43. The van der Waals surface area contributed by atoms with Crippen LogP contribution in [-0.2, 0) is 11.0 Å². The van der Waals surface area contributed by atoms with Crippen LogP contribution in [0.25, 0.3) is 0 Å². The second kappa shape index (κ2) is 6.31. The molecule has 1 atom stereocenters. The predicted molar refractivity (Wildman–Crippen MR) is 75.0 cm³/mol. The number of anilines is 1. The Hall–Kier alpha value is -1.15. The number of alkyl halides is 3. The Labute approximate surface area is 128 Å². The lowest BCUT2D eigenvalue weighted by Gasteiger charge is -2.36. The number of rotatable bonds is 3. The fourth-order valence-electron chi connectivity index (χ4n) is 2.10. The Bertz CT molecular complexity index is 542. The van der Waals surface area contributed by atoms with Gasteiger partial charge < -0.3 is 10.0 Å². The van der Waals surface area contributed by atoms with Crippen molar-refractivity contribution < 1.29 is 23.1 Å². The molecule has 9 heteroatoms. The molecule has 1 N–H and O–H groups in total. The molecule has 0 saturated carbocycles. The van der Waals surface area contributed by atoms with Crippen molar-refractivity contribution in [3.63, 3.8) is 0 Å². The van der Waals surface area contributed by atoms with Gasteiger partial charge in [-0.05, 0) is 6.07 Å². The third kappa shape index (κ3) is 3.94. The molecular formula is C12H12ClF3N2O2S. The number of hydrogen-bond acceptors (Lipinski definition) is 4. The zero-order chi connectivity index (χ0) is 15.6. The highest BCUT2D eigenvalue weighted by atomic mass is 35.5. The highest BCUT2D eigenvalue weighted by molar-refractivity contribution is 7.99. The number of carbonyl (C=O) groups is 1. The molecule has 1 fully saturated rings. The van der Waals surface area contributed by atoms with Crippen LogP contribution < -0.4 is 4.90 Å². The van der Waals surface area contributed by atoms with E-state index in [2.05, 4.69) is 4.98 Å². The minimum atomic E-state index is -4.51. The lowest BCUT2D eigenvalue weighted by atomic mass is 10.2. The van der Waals surface area contributed by atoms with Gasteiger partial charge in [-0.2, -0.15) is 24.9 Å². The molecule has 116 valence electrons. The number of nitrogens with zero attached hydrogens (tertiary/aromatic N) is 2. The van der Waals surface area contributed by atoms with Gasteiger partial charge >= 0.3 is 12.1 Å². The number of pyridine rings is 1. The second-order valence-electron chi connectivity index (χ2n) is 4.55. The summed E-state index contributed by atoms with van der Waals surface area (Å²) in [7, 11) is 0. The van der Waals surface area contributed by atoms with Crippen molar-refractivity contribution in [3.8, 4) is 0 Å². The van der Waals surface area contributed by atoms with E-state index in [1.165, 1.54) is 0 Å². The summed E-state index contributed by atoms with van der Waals surface area (Å²) in [5.41, 5.74) is -0.919. The van der Waals surface area contributed by atoms with E-state index in [-0.39, 0.29) is 23.3 Å². The maximum atomic E-state index is 12.6. The van der Waals surface area contributed by atoms with Crippen LogP contribution in [-0.4, -0.2) is 40.2 Å². The largest absolute Gasteiger partial charge is 0.481 e. The van der Waals surface area contributed by atoms with Crippen LogP contribution in [0.15, 0.2) is 12.3 Å². The van der Waals surface area contributed by atoms with Crippen LogP contribution in [0.3, 0.4) is 0 Å². The molecule has 21 heavy (non-hydrogen) atoms. The normalized spacial score (nSPS) is 19.6. The van der Waals surface area contributed by atoms with E-state index < -0.39 is 17.7 Å². The van der Waals surface area contributed by atoms with Gasteiger partial charge in [0.1, 0.15) is 5.82 Å². The summed E-state index contributed by atoms with van der Waals surface area (Å²) in [6, 6.07) is 0.492. The van der Waals surface area contributed by atoms with Crippen molar-refractivity contribution >= 4 is 35.1 Å². The molecule has 0 spiro atoms. The average molecular weight is 341 g/mol. The van der Waals surface area contributed by atoms with Crippen LogP contribution in [0.4, 0.5) is 19.0 Å². The van der Waals surface area contributed by atoms with Gasteiger partial charge in [-0.1, -0.05) is 11.6 Å². The molecule has 0 radical (unpaired) electrons. The van der Waals surface area contributed by atoms with E-state index in [1.807, 2.05) is 0 Å².